The van der Waals surface area contributed by atoms with Crippen LogP contribution in [0.4, 0.5) is 5.69 Å². The molecule has 0 aliphatic heterocycles. The summed E-state index contributed by atoms with van der Waals surface area (Å²) in [5, 5.41) is 0.776. The molecular formula is C37H39N3O3S. The summed E-state index contributed by atoms with van der Waals surface area (Å²) in [6.07, 6.45) is 1.77. The number of para-hydroxylation sites is 3. The number of nitrogens with zero attached hydrogens (tertiary/aromatic N) is 3. The summed E-state index contributed by atoms with van der Waals surface area (Å²) in [4.78, 5) is 33.4. The summed E-state index contributed by atoms with van der Waals surface area (Å²) in [6.45, 7) is 4.59. The van der Waals surface area contributed by atoms with Gasteiger partial charge >= 0.3 is 5.97 Å². The van der Waals surface area contributed by atoms with E-state index in [0.717, 1.165) is 51.6 Å². The molecule has 5 rings (SSSR count). The van der Waals surface area contributed by atoms with Gasteiger partial charge in [0.2, 0.25) is 5.91 Å². The first-order valence-electron chi connectivity index (χ1n) is 15.3. The highest BCUT2D eigenvalue weighted by Gasteiger charge is 2.23. The average molecular weight is 606 g/mol. The number of hydrogen-bond acceptors (Lipinski definition) is 5. The van der Waals surface area contributed by atoms with Crippen LogP contribution in [-0.4, -0.2) is 39.8 Å². The van der Waals surface area contributed by atoms with Crippen LogP contribution in [0, 0.1) is 0 Å². The Morgan fingerprint density at radius 2 is 1.43 bits per heavy atom. The molecule has 0 spiro atoms. The summed E-state index contributed by atoms with van der Waals surface area (Å²) in [7, 11) is 0. The maximum atomic E-state index is 14.0. The molecule has 0 saturated heterocycles. The molecule has 1 aromatic heterocycles. The van der Waals surface area contributed by atoms with Gasteiger partial charge in [0.25, 0.3) is 0 Å². The highest BCUT2D eigenvalue weighted by Crippen LogP contribution is 2.30. The van der Waals surface area contributed by atoms with E-state index in [1.54, 1.807) is 11.8 Å². The predicted octanol–water partition coefficient (Wildman–Crippen LogP) is 8.12. The molecule has 1 atom stereocenters. The van der Waals surface area contributed by atoms with Crippen molar-refractivity contribution in [1.29, 1.82) is 0 Å². The van der Waals surface area contributed by atoms with Gasteiger partial charge in [0.1, 0.15) is 6.54 Å². The van der Waals surface area contributed by atoms with Gasteiger partial charge in [-0.15, -0.1) is 0 Å². The highest BCUT2D eigenvalue weighted by molar-refractivity contribution is 7.99. The molecule has 0 N–H and O–H groups in total. The SMILES string of the molecule is CCC(C)OC(=O)Cn1c(SCCCN(C(=O)CC(c2ccccc2)c2ccccc2)c2ccccc2)nc2ccccc21. The molecule has 0 bridgehead atoms. The Bertz CT molecular complexity index is 1600. The molecule has 4 aromatic carbocycles. The Hall–Kier alpha value is -4.36. The quantitative estimate of drug-likeness (QED) is 0.0727. The molecule has 0 fully saturated rings. The molecule has 0 aliphatic rings. The largest absolute Gasteiger partial charge is 0.461 e. The van der Waals surface area contributed by atoms with E-state index in [0.29, 0.717) is 13.0 Å². The van der Waals surface area contributed by atoms with E-state index in [1.807, 2.05) is 114 Å². The highest BCUT2D eigenvalue weighted by atomic mass is 32.2. The van der Waals surface area contributed by atoms with Gasteiger partial charge in [-0.05, 0) is 55.2 Å². The number of fused-ring (bicyclic) bond motifs is 1. The van der Waals surface area contributed by atoms with Crippen LogP contribution in [-0.2, 0) is 20.9 Å². The monoisotopic (exact) mass is 605 g/mol. The molecule has 0 aliphatic carbocycles. The standard InChI is InChI=1S/C37H39N3O3S/c1-3-28(2)43-36(42)27-40-34-23-14-13-22-33(34)38-37(40)44-25-15-24-39(31-20-11-6-12-21-31)35(41)26-32(29-16-7-4-8-17-29)30-18-9-5-10-19-30/h4-14,16-23,28,32H,3,15,24-27H2,1-2H3. The van der Waals surface area contributed by atoms with Gasteiger partial charge in [0, 0.05) is 30.3 Å². The van der Waals surface area contributed by atoms with Crippen molar-refractivity contribution in [2.45, 2.75) is 56.8 Å². The summed E-state index contributed by atoms with van der Waals surface area (Å²) >= 11 is 1.60. The van der Waals surface area contributed by atoms with Crippen LogP contribution in [0.25, 0.3) is 11.0 Å². The van der Waals surface area contributed by atoms with Crippen LogP contribution in [0.3, 0.4) is 0 Å². The number of rotatable bonds is 14. The number of hydrogen-bond donors (Lipinski definition) is 0. The second-order valence-corrected chi connectivity index (χ2v) is 11.9. The fourth-order valence-electron chi connectivity index (χ4n) is 5.27. The Morgan fingerprint density at radius 3 is 2.07 bits per heavy atom. The third kappa shape index (κ3) is 7.97. The van der Waals surface area contributed by atoms with Gasteiger partial charge in [0.15, 0.2) is 5.16 Å². The van der Waals surface area contributed by atoms with Crippen LogP contribution in [0.1, 0.15) is 50.2 Å². The molecular weight excluding hydrogens is 566 g/mol. The zero-order chi connectivity index (χ0) is 30.7. The van der Waals surface area contributed by atoms with Gasteiger partial charge < -0.3 is 14.2 Å². The van der Waals surface area contributed by atoms with E-state index < -0.39 is 0 Å². The number of imidazole rings is 1. The topological polar surface area (TPSA) is 64.4 Å². The lowest BCUT2D eigenvalue weighted by atomic mass is 9.88. The number of ether oxygens (including phenoxy) is 1. The van der Waals surface area contributed by atoms with Crippen LogP contribution in [0.5, 0.6) is 0 Å². The second-order valence-electron chi connectivity index (χ2n) is 10.8. The number of carbonyl (C=O) groups is 2. The summed E-state index contributed by atoms with van der Waals surface area (Å²) < 4.78 is 7.50. The maximum Gasteiger partial charge on any atom is 0.326 e. The van der Waals surface area contributed by atoms with E-state index in [4.69, 9.17) is 9.72 Å². The van der Waals surface area contributed by atoms with Gasteiger partial charge in [-0.3, -0.25) is 9.59 Å². The lowest BCUT2D eigenvalue weighted by molar-refractivity contribution is -0.149. The molecule has 5 aromatic rings. The number of thioether (sulfide) groups is 1. The van der Waals surface area contributed by atoms with E-state index in [1.165, 1.54) is 0 Å². The predicted molar refractivity (Wildman–Crippen MR) is 179 cm³/mol. The van der Waals surface area contributed by atoms with Crippen molar-refractivity contribution in [3.05, 3.63) is 126 Å². The fourth-order valence-corrected chi connectivity index (χ4v) is 6.20. The average Bonchev–Trinajstić information content (AvgIpc) is 3.41. The Balaban J connectivity index is 1.30. The zero-order valence-corrected chi connectivity index (χ0v) is 26.2. The van der Waals surface area contributed by atoms with Crippen LogP contribution in [0.15, 0.2) is 120 Å². The van der Waals surface area contributed by atoms with Crippen molar-refractivity contribution >= 4 is 40.4 Å². The molecule has 0 saturated carbocycles. The number of anilines is 1. The fraction of sp³-hybridized carbons (Fsp3) is 0.270. The first-order valence-corrected chi connectivity index (χ1v) is 16.2. The Kier molecular flexibility index (Phi) is 10.9. The molecule has 1 unspecified atom stereocenters. The minimum Gasteiger partial charge on any atom is -0.461 e. The summed E-state index contributed by atoms with van der Waals surface area (Å²) in [6, 6.07) is 38.2. The third-order valence-corrected chi connectivity index (χ3v) is 8.79. The van der Waals surface area contributed by atoms with Gasteiger partial charge in [-0.2, -0.15) is 0 Å². The van der Waals surface area contributed by atoms with E-state index >= 15 is 0 Å². The lowest BCUT2D eigenvalue weighted by Crippen LogP contribution is -2.33. The van der Waals surface area contributed by atoms with Crippen molar-refractivity contribution in [2.75, 3.05) is 17.2 Å². The van der Waals surface area contributed by atoms with Crippen LogP contribution < -0.4 is 4.90 Å². The summed E-state index contributed by atoms with van der Waals surface area (Å²) in [5.74, 6) is 0.511. The molecule has 7 heteroatoms. The minimum absolute atomic E-state index is 0.0411. The van der Waals surface area contributed by atoms with Gasteiger partial charge in [-0.1, -0.05) is 110 Å². The number of amides is 1. The van der Waals surface area contributed by atoms with Gasteiger partial charge in [0.05, 0.1) is 17.1 Å². The number of benzene rings is 4. The smallest absolute Gasteiger partial charge is 0.326 e. The molecule has 0 radical (unpaired) electrons. The molecule has 1 amide bonds. The van der Waals surface area contributed by atoms with E-state index in [2.05, 4.69) is 24.3 Å². The van der Waals surface area contributed by atoms with Gasteiger partial charge in [-0.25, -0.2) is 4.98 Å². The second kappa shape index (κ2) is 15.4. The van der Waals surface area contributed by atoms with Crippen molar-refractivity contribution in [3.63, 3.8) is 0 Å². The lowest BCUT2D eigenvalue weighted by Gasteiger charge is -2.26. The molecule has 1 heterocycles. The number of aromatic nitrogens is 2. The third-order valence-electron chi connectivity index (χ3n) is 7.72. The van der Waals surface area contributed by atoms with E-state index in [-0.39, 0.29) is 30.4 Å². The normalized spacial score (nSPS) is 11.9. The number of carbonyl (C=O) groups excluding carboxylic acids is 2. The first-order chi connectivity index (χ1) is 21.5. The van der Waals surface area contributed by atoms with Crippen LogP contribution in [0.2, 0.25) is 0 Å². The van der Waals surface area contributed by atoms with Crippen molar-refractivity contribution < 1.29 is 14.3 Å². The molecule has 226 valence electrons. The Morgan fingerprint density at radius 1 is 0.841 bits per heavy atom. The molecule has 44 heavy (non-hydrogen) atoms. The van der Waals surface area contributed by atoms with Crippen molar-refractivity contribution in [2.24, 2.45) is 0 Å². The van der Waals surface area contributed by atoms with E-state index in [9.17, 15) is 9.59 Å². The minimum atomic E-state index is -0.267. The Labute approximate surface area is 264 Å². The molecule has 6 nitrogen and oxygen atoms in total. The maximum absolute atomic E-state index is 14.0. The zero-order valence-electron chi connectivity index (χ0n) is 25.3. The number of esters is 1. The van der Waals surface area contributed by atoms with Crippen molar-refractivity contribution in [1.82, 2.24) is 9.55 Å². The van der Waals surface area contributed by atoms with Crippen LogP contribution >= 0.6 is 11.8 Å². The van der Waals surface area contributed by atoms with Crippen molar-refractivity contribution in [3.8, 4) is 0 Å². The summed E-state index contributed by atoms with van der Waals surface area (Å²) in [5.41, 5.74) is 4.90. The first kappa shape index (κ1) is 31.1.